The molecule has 2 rings (SSSR count). The average molecular weight is 310 g/mol. The summed E-state index contributed by atoms with van der Waals surface area (Å²) >= 11 is 5.24. The van der Waals surface area contributed by atoms with Gasteiger partial charge in [-0.3, -0.25) is 9.59 Å². The Hall–Kier alpha value is -2.27. The first-order valence-corrected chi connectivity index (χ1v) is 6.35. The Balaban J connectivity index is 2.23. The maximum Gasteiger partial charge on any atom is 0.255 e. The van der Waals surface area contributed by atoms with Crippen LogP contribution in [0.2, 0.25) is 0 Å². The van der Waals surface area contributed by atoms with E-state index in [1.807, 2.05) is 0 Å². The third-order valence-corrected chi connectivity index (χ3v) is 3.03. The molecule has 0 unspecified atom stereocenters. The second-order valence-electron chi connectivity index (χ2n) is 4.23. The maximum atomic E-state index is 13.9. The quantitative estimate of drug-likeness (QED) is 0.870. The molecule has 0 radical (unpaired) electrons. The van der Waals surface area contributed by atoms with Crippen molar-refractivity contribution >= 4 is 28.4 Å². The van der Waals surface area contributed by atoms with E-state index >= 15 is 0 Å². The smallest absolute Gasteiger partial charge is 0.255 e. The van der Waals surface area contributed by atoms with Crippen LogP contribution in [0.3, 0.4) is 0 Å². The van der Waals surface area contributed by atoms with Crippen molar-refractivity contribution < 1.29 is 18.4 Å². The van der Waals surface area contributed by atoms with Crippen LogP contribution in [-0.4, -0.2) is 11.1 Å². The molecule has 0 saturated heterocycles. The summed E-state index contributed by atoms with van der Waals surface area (Å²) in [7, 11) is 0. The van der Waals surface area contributed by atoms with Gasteiger partial charge in [0.05, 0.1) is 11.3 Å². The standard InChI is InChI=1S/C15H10ClF2NO2/c16-14(20)11-2-1-3-12(13(11)18)19-15(21)10-6-4-9(8-17)5-7-10/h1-7H,8H2,(H,19,21). The first kappa shape index (κ1) is 15.1. The molecule has 0 fully saturated rings. The Labute approximate surface area is 124 Å². The molecule has 0 spiro atoms. The van der Waals surface area contributed by atoms with Crippen molar-refractivity contribution in [2.75, 3.05) is 5.32 Å². The van der Waals surface area contributed by atoms with Crippen molar-refractivity contribution in [1.29, 1.82) is 0 Å². The van der Waals surface area contributed by atoms with Gasteiger partial charge < -0.3 is 5.32 Å². The highest BCUT2D eigenvalue weighted by molar-refractivity contribution is 6.67. The minimum atomic E-state index is -0.948. The van der Waals surface area contributed by atoms with E-state index in [0.717, 1.165) is 0 Å². The molecule has 0 atom stereocenters. The number of rotatable bonds is 4. The molecular formula is C15H10ClF2NO2. The summed E-state index contributed by atoms with van der Waals surface area (Å²) < 4.78 is 26.3. The zero-order valence-corrected chi connectivity index (χ0v) is 11.5. The number of hydrogen-bond donors (Lipinski definition) is 1. The summed E-state index contributed by atoms with van der Waals surface area (Å²) in [6, 6.07) is 9.72. The van der Waals surface area contributed by atoms with E-state index in [1.165, 1.54) is 42.5 Å². The van der Waals surface area contributed by atoms with Crippen LogP contribution in [0.5, 0.6) is 0 Å². The van der Waals surface area contributed by atoms with E-state index in [9.17, 15) is 18.4 Å². The number of nitrogens with one attached hydrogen (secondary N) is 1. The Bertz CT molecular complexity index is 687. The highest BCUT2D eigenvalue weighted by atomic mass is 35.5. The molecule has 0 saturated carbocycles. The third-order valence-electron chi connectivity index (χ3n) is 2.83. The Morgan fingerprint density at radius 2 is 1.76 bits per heavy atom. The molecule has 0 bridgehead atoms. The molecule has 0 aliphatic rings. The molecule has 21 heavy (non-hydrogen) atoms. The van der Waals surface area contributed by atoms with Crippen LogP contribution in [0, 0.1) is 5.82 Å². The van der Waals surface area contributed by atoms with Crippen molar-refractivity contribution in [3.63, 3.8) is 0 Å². The number of amides is 1. The minimum absolute atomic E-state index is 0.152. The molecule has 0 aliphatic carbocycles. The summed E-state index contributed by atoms with van der Waals surface area (Å²) in [5.41, 5.74) is 0.213. The average Bonchev–Trinajstić information content (AvgIpc) is 2.49. The molecule has 2 aromatic carbocycles. The van der Waals surface area contributed by atoms with E-state index in [2.05, 4.69) is 5.32 Å². The number of benzene rings is 2. The molecule has 1 amide bonds. The molecular weight excluding hydrogens is 300 g/mol. The highest BCUT2D eigenvalue weighted by Crippen LogP contribution is 2.20. The van der Waals surface area contributed by atoms with Gasteiger partial charge in [-0.1, -0.05) is 18.2 Å². The predicted molar refractivity (Wildman–Crippen MR) is 75.8 cm³/mol. The largest absolute Gasteiger partial charge is 0.319 e. The van der Waals surface area contributed by atoms with E-state index in [1.54, 1.807) is 0 Å². The van der Waals surface area contributed by atoms with Crippen LogP contribution in [0.4, 0.5) is 14.5 Å². The van der Waals surface area contributed by atoms with Crippen LogP contribution in [0.25, 0.3) is 0 Å². The SMILES string of the molecule is O=C(Nc1cccc(C(=O)Cl)c1F)c1ccc(CF)cc1. The molecule has 2 aromatic rings. The number of hydrogen-bond acceptors (Lipinski definition) is 2. The summed E-state index contributed by atoms with van der Waals surface area (Å²) in [5.74, 6) is -1.47. The maximum absolute atomic E-state index is 13.9. The van der Waals surface area contributed by atoms with E-state index < -0.39 is 23.6 Å². The zero-order chi connectivity index (χ0) is 15.4. The summed E-state index contributed by atoms with van der Waals surface area (Å²) in [5, 5.41) is 1.39. The topological polar surface area (TPSA) is 46.2 Å². The second-order valence-corrected chi connectivity index (χ2v) is 4.57. The van der Waals surface area contributed by atoms with Crippen molar-refractivity contribution in [1.82, 2.24) is 0 Å². The Kier molecular flexibility index (Phi) is 4.65. The van der Waals surface area contributed by atoms with Crippen molar-refractivity contribution in [3.8, 4) is 0 Å². The minimum Gasteiger partial charge on any atom is -0.319 e. The van der Waals surface area contributed by atoms with Gasteiger partial charge in [-0.15, -0.1) is 0 Å². The lowest BCUT2D eigenvalue weighted by Gasteiger charge is -2.08. The monoisotopic (exact) mass is 309 g/mol. The molecule has 0 aromatic heterocycles. The van der Waals surface area contributed by atoms with Crippen molar-refractivity contribution in [2.24, 2.45) is 0 Å². The van der Waals surface area contributed by atoms with Crippen LogP contribution >= 0.6 is 11.6 Å². The summed E-state index contributed by atoms with van der Waals surface area (Å²) in [4.78, 5) is 23.0. The zero-order valence-electron chi connectivity index (χ0n) is 10.7. The lowest BCUT2D eigenvalue weighted by Crippen LogP contribution is -2.14. The van der Waals surface area contributed by atoms with Gasteiger partial charge in [0.2, 0.25) is 0 Å². The molecule has 6 heteroatoms. The van der Waals surface area contributed by atoms with Gasteiger partial charge in [0.15, 0.2) is 5.82 Å². The van der Waals surface area contributed by atoms with Gasteiger partial charge in [0, 0.05) is 5.56 Å². The van der Waals surface area contributed by atoms with Gasteiger partial charge in [-0.25, -0.2) is 8.78 Å². The summed E-state index contributed by atoms with van der Waals surface area (Å²) in [6.45, 7) is -0.629. The number of anilines is 1. The Morgan fingerprint density at radius 1 is 1.10 bits per heavy atom. The lowest BCUT2D eigenvalue weighted by atomic mass is 10.1. The summed E-state index contributed by atoms with van der Waals surface area (Å²) in [6.07, 6.45) is 0. The normalized spacial score (nSPS) is 10.2. The number of carbonyl (C=O) groups excluding carboxylic acids is 2. The van der Waals surface area contributed by atoms with Crippen molar-refractivity contribution in [3.05, 3.63) is 65.0 Å². The molecule has 0 heterocycles. The highest BCUT2D eigenvalue weighted by Gasteiger charge is 2.15. The fourth-order valence-electron chi connectivity index (χ4n) is 1.72. The first-order chi connectivity index (χ1) is 10.0. The number of carbonyl (C=O) groups is 2. The second kappa shape index (κ2) is 6.45. The van der Waals surface area contributed by atoms with Crippen LogP contribution < -0.4 is 5.32 Å². The van der Waals surface area contributed by atoms with Gasteiger partial charge in [-0.2, -0.15) is 0 Å². The fourth-order valence-corrected chi connectivity index (χ4v) is 1.87. The van der Waals surface area contributed by atoms with E-state index in [4.69, 9.17) is 11.6 Å². The lowest BCUT2D eigenvalue weighted by molar-refractivity contribution is 0.102. The first-order valence-electron chi connectivity index (χ1n) is 5.97. The molecule has 108 valence electrons. The van der Waals surface area contributed by atoms with Crippen LogP contribution in [0.1, 0.15) is 26.3 Å². The van der Waals surface area contributed by atoms with Crippen LogP contribution in [0.15, 0.2) is 42.5 Å². The predicted octanol–water partition coefficient (Wildman–Crippen LogP) is 3.93. The van der Waals surface area contributed by atoms with Gasteiger partial charge in [0.1, 0.15) is 6.67 Å². The number of halogens is 3. The Morgan fingerprint density at radius 3 is 2.33 bits per heavy atom. The molecule has 3 nitrogen and oxygen atoms in total. The molecule has 0 aliphatic heterocycles. The third kappa shape index (κ3) is 3.44. The van der Waals surface area contributed by atoms with Crippen LogP contribution in [-0.2, 0) is 6.67 Å². The van der Waals surface area contributed by atoms with E-state index in [0.29, 0.717) is 5.56 Å². The van der Waals surface area contributed by atoms with Gasteiger partial charge in [0.25, 0.3) is 11.1 Å². The van der Waals surface area contributed by atoms with Gasteiger partial charge >= 0.3 is 0 Å². The molecule has 1 N–H and O–H groups in total. The van der Waals surface area contributed by atoms with Gasteiger partial charge in [-0.05, 0) is 41.4 Å². The number of alkyl halides is 1. The van der Waals surface area contributed by atoms with Crippen molar-refractivity contribution in [2.45, 2.75) is 6.67 Å². The fraction of sp³-hybridized carbons (Fsp3) is 0.0667. The van der Waals surface area contributed by atoms with E-state index in [-0.39, 0.29) is 16.8 Å².